The van der Waals surface area contributed by atoms with E-state index in [1.54, 1.807) is 54.6 Å². The summed E-state index contributed by atoms with van der Waals surface area (Å²) in [5.41, 5.74) is 0.631. The van der Waals surface area contributed by atoms with Crippen LogP contribution in [0.2, 0.25) is 0 Å². The van der Waals surface area contributed by atoms with Gasteiger partial charge in [0.05, 0.1) is 49.3 Å². The SMILES string of the molecule is COc1cc(C2C3C(=O)N(c4ccccc4OC)C(=O)C3ON2c2ccccc2)c([N+](=O)[O-])cc1OC. The topological polar surface area (TPSA) is 121 Å². The predicted molar refractivity (Wildman–Crippen MR) is 132 cm³/mol. The van der Waals surface area contributed by atoms with Gasteiger partial charge in [-0.25, -0.2) is 9.96 Å². The van der Waals surface area contributed by atoms with E-state index in [1.165, 1.54) is 38.5 Å². The van der Waals surface area contributed by atoms with E-state index in [-0.39, 0.29) is 28.4 Å². The molecule has 0 spiro atoms. The summed E-state index contributed by atoms with van der Waals surface area (Å²) in [7, 11) is 4.22. The quantitative estimate of drug-likeness (QED) is 0.269. The van der Waals surface area contributed by atoms with Crippen LogP contribution in [0.3, 0.4) is 0 Å². The van der Waals surface area contributed by atoms with Crippen molar-refractivity contribution in [2.24, 2.45) is 5.92 Å². The van der Waals surface area contributed by atoms with Crippen molar-refractivity contribution in [1.29, 1.82) is 0 Å². The number of fused-ring (bicyclic) bond motifs is 1. The molecule has 3 atom stereocenters. The van der Waals surface area contributed by atoms with Crippen LogP contribution in [-0.4, -0.2) is 44.2 Å². The van der Waals surface area contributed by atoms with Crippen molar-refractivity contribution in [2.75, 3.05) is 31.3 Å². The largest absolute Gasteiger partial charge is 0.495 e. The maximum Gasteiger partial charge on any atom is 0.278 e. The zero-order valence-electron chi connectivity index (χ0n) is 20.2. The van der Waals surface area contributed by atoms with Gasteiger partial charge in [0, 0.05) is 0 Å². The summed E-state index contributed by atoms with van der Waals surface area (Å²) in [6, 6.07) is 17.1. The molecule has 2 aliphatic heterocycles. The highest BCUT2D eigenvalue weighted by molar-refractivity contribution is 6.24. The molecule has 0 bridgehead atoms. The summed E-state index contributed by atoms with van der Waals surface area (Å²) in [6.07, 6.45) is -1.21. The highest BCUT2D eigenvalue weighted by Gasteiger charge is 2.61. The van der Waals surface area contributed by atoms with Gasteiger partial charge in [-0.15, -0.1) is 0 Å². The minimum Gasteiger partial charge on any atom is -0.495 e. The number of imide groups is 1. The third kappa shape index (κ3) is 3.80. The molecular weight excluding hydrogens is 482 g/mol. The van der Waals surface area contributed by atoms with Crippen LogP contribution in [-0.2, 0) is 14.4 Å². The lowest BCUT2D eigenvalue weighted by molar-refractivity contribution is -0.385. The van der Waals surface area contributed by atoms with Crippen molar-refractivity contribution in [2.45, 2.75) is 12.1 Å². The molecule has 0 aromatic heterocycles. The van der Waals surface area contributed by atoms with E-state index in [4.69, 9.17) is 19.0 Å². The number of methoxy groups -OCH3 is 3. The maximum absolute atomic E-state index is 13.9. The molecular formula is C26H23N3O8. The number of ether oxygens (including phenoxy) is 3. The molecule has 2 fully saturated rings. The first-order valence-electron chi connectivity index (χ1n) is 11.3. The van der Waals surface area contributed by atoms with Gasteiger partial charge in [-0.2, -0.15) is 0 Å². The second kappa shape index (κ2) is 9.43. The lowest BCUT2D eigenvalue weighted by atomic mass is 9.89. The molecule has 11 heteroatoms. The molecule has 190 valence electrons. The van der Waals surface area contributed by atoms with Gasteiger partial charge in [-0.3, -0.25) is 24.5 Å². The Bertz CT molecular complexity index is 1380. The van der Waals surface area contributed by atoms with E-state index in [0.717, 1.165) is 4.90 Å². The van der Waals surface area contributed by atoms with Crippen LogP contribution in [0.1, 0.15) is 11.6 Å². The van der Waals surface area contributed by atoms with E-state index in [1.807, 2.05) is 0 Å². The van der Waals surface area contributed by atoms with Gasteiger partial charge in [0.2, 0.25) is 5.91 Å². The first-order valence-corrected chi connectivity index (χ1v) is 11.3. The van der Waals surface area contributed by atoms with Gasteiger partial charge in [-0.1, -0.05) is 30.3 Å². The van der Waals surface area contributed by atoms with Crippen LogP contribution in [0.4, 0.5) is 17.1 Å². The van der Waals surface area contributed by atoms with E-state index in [0.29, 0.717) is 11.4 Å². The lowest BCUT2D eigenvalue weighted by Gasteiger charge is -2.29. The second-order valence-electron chi connectivity index (χ2n) is 8.36. The van der Waals surface area contributed by atoms with E-state index < -0.39 is 34.8 Å². The molecule has 37 heavy (non-hydrogen) atoms. The number of para-hydroxylation sites is 3. The number of carbonyl (C=O) groups is 2. The molecule has 3 aromatic rings. The average molecular weight is 505 g/mol. The highest BCUT2D eigenvalue weighted by atomic mass is 16.7. The Morgan fingerprint density at radius 1 is 0.838 bits per heavy atom. The standard InChI is InChI=1S/C26H23N3O8/c1-34-19-12-8-7-11-17(19)27-25(30)22-23(16-13-20(35-2)21(36-3)14-18(16)29(32)33)28(37-24(22)26(27)31)15-9-5-4-6-10-15/h4-14,22-24H,1-3H3. The highest BCUT2D eigenvalue weighted by Crippen LogP contribution is 2.51. The number of hydrogen-bond donors (Lipinski definition) is 0. The van der Waals surface area contributed by atoms with Crippen LogP contribution in [0.25, 0.3) is 0 Å². The summed E-state index contributed by atoms with van der Waals surface area (Å²) in [6.45, 7) is 0. The summed E-state index contributed by atoms with van der Waals surface area (Å²) < 4.78 is 16.0. The molecule has 0 saturated carbocycles. The third-order valence-electron chi connectivity index (χ3n) is 6.50. The van der Waals surface area contributed by atoms with Gasteiger partial charge in [0.25, 0.3) is 11.6 Å². The van der Waals surface area contributed by atoms with Crippen molar-refractivity contribution in [3.05, 3.63) is 82.4 Å². The number of nitrogens with zero attached hydrogens (tertiary/aromatic N) is 3. The molecule has 11 nitrogen and oxygen atoms in total. The van der Waals surface area contributed by atoms with Gasteiger partial charge >= 0.3 is 0 Å². The van der Waals surface area contributed by atoms with Crippen LogP contribution >= 0.6 is 0 Å². The normalized spacial score (nSPS) is 20.7. The molecule has 0 aliphatic carbocycles. The first kappa shape index (κ1) is 24.1. The molecule has 3 unspecified atom stereocenters. The lowest BCUT2D eigenvalue weighted by Crippen LogP contribution is -2.37. The molecule has 0 radical (unpaired) electrons. The zero-order valence-corrected chi connectivity index (χ0v) is 20.2. The fraction of sp³-hybridized carbons (Fsp3) is 0.231. The minimum absolute atomic E-state index is 0.141. The Kier molecular flexibility index (Phi) is 6.14. The van der Waals surface area contributed by atoms with Crippen molar-refractivity contribution in [3.63, 3.8) is 0 Å². The Balaban J connectivity index is 1.69. The van der Waals surface area contributed by atoms with E-state index in [2.05, 4.69) is 0 Å². The molecule has 3 aromatic carbocycles. The second-order valence-corrected chi connectivity index (χ2v) is 8.36. The fourth-order valence-electron chi connectivity index (χ4n) is 4.86. The molecule has 5 rings (SSSR count). The Morgan fingerprint density at radius 2 is 1.46 bits per heavy atom. The van der Waals surface area contributed by atoms with Crippen LogP contribution < -0.4 is 24.2 Å². The van der Waals surface area contributed by atoms with Gasteiger partial charge in [0.1, 0.15) is 17.7 Å². The maximum atomic E-state index is 13.9. The van der Waals surface area contributed by atoms with E-state index in [9.17, 15) is 19.7 Å². The molecule has 2 saturated heterocycles. The Hall–Kier alpha value is -4.64. The molecule has 2 amide bonds. The number of hydrogen-bond acceptors (Lipinski definition) is 9. The average Bonchev–Trinajstić information content (AvgIpc) is 3.43. The van der Waals surface area contributed by atoms with Crippen LogP contribution in [0.15, 0.2) is 66.7 Å². The molecule has 2 aliphatic rings. The smallest absolute Gasteiger partial charge is 0.278 e. The van der Waals surface area contributed by atoms with Crippen molar-refractivity contribution < 1.29 is 33.6 Å². The summed E-state index contributed by atoms with van der Waals surface area (Å²) >= 11 is 0. The minimum atomic E-state index is -1.21. The Morgan fingerprint density at radius 3 is 2.11 bits per heavy atom. The van der Waals surface area contributed by atoms with Gasteiger partial charge in [0.15, 0.2) is 17.6 Å². The van der Waals surface area contributed by atoms with Crippen LogP contribution in [0.5, 0.6) is 17.2 Å². The van der Waals surface area contributed by atoms with Crippen molar-refractivity contribution in [1.82, 2.24) is 0 Å². The van der Waals surface area contributed by atoms with E-state index >= 15 is 0 Å². The number of rotatable bonds is 7. The van der Waals surface area contributed by atoms with Gasteiger partial charge in [-0.05, 0) is 30.3 Å². The summed E-state index contributed by atoms with van der Waals surface area (Å²) in [4.78, 5) is 46.2. The number of anilines is 2. The third-order valence-corrected chi connectivity index (χ3v) is 6.50. The first-order chi connectivity index (χ1) is 17.9. The van der Waals surface area contributed by atoms with Crippen LogP contribution in [0, 0.1) is 16.0 Å². The fourth-order valence-corrected chi connectivity index (χ4v) is 4.86. The number of nitro groups is 1. The van der Waals surface area contributed by atoms with Crippen molar-refractivity contribution in [3.8, 4) is 17.2 Å². The number of amides is 2. The number of carbonyl (C=O) groups excluding carboxylic acids is 2. The number of benzene rings is 3. The van der Waals surface area contributed by atoms with Crippen molar-refractivity contribution >= 4 is 28.9 Å². The Labute approximate surface area is 211 Å². The number of nitro benzene ring substituents is 1. The zero-order chi connectivity index (χ0) is 26.3. The van der Waals surface area contributed by atoms with Gasteiger partial charge < -0.3 is 14.2 Å². The summed E-state index contributed by atoms with van der Waals surface area (Å²) in [5.74, 6) is -1.52. The summed E-state index contributed by atoms with van der Waals surface area (Å²) in [5, 5.41) is 13.6. The predicted octanol–water partition coefficient (Wildman–Crippen LogP) is 3.67. The molecule has 0 N–H and O–H groups in total. The molecule has 2 heterocycles. The monoisotopic (exact) mass is 505 g/mol. The number of hydroxylamine groups is 1.